The highest BCUT2D eigenvalue weighted by Gasteiger charge is 2.41. The number of nitrogens with one attached hydrogen (secondary N) is 2. The molecule has 3 atom stereocenters. The first kappa shape index (κ1) is 25.5. The van der Waals surface area contributed by atoms with Gasteiger partial charge in [-0.25, -0.2) is 9.78 Å². The van der Waals surface area contributed by atoms with E-state index in [2.05, 4.69) is 46.7 Å². The van der Waals surface area contributed by atoms with E-state index >= 15 is 0 Å². The van der Waals surface area contributed by atoms with Crippen molar-refractivity contribution in [1.82, 2.24) is 30.5 Å². The van der Waals surface area contributed by atoms with Crippen molar-refractivity contribution in [2.24, 2.45) is 5.16 Å². The summed E-state index contributed by atoms with van der Waals surface area (Å²) in [4.78, 5) is 57.7. The monoisotopic (exact) mass is 581 g/mol. The van der Waals surface area contributed by atoms with Crippen LogP contribution in [0, 0.1) is 0 Å². The second kappa shape index (κ2) is 11.5. The summed E-state index contributed by atoms with van der Waals surface area (Å²) in [6.07, 6.45) is 5.64. The Morgan fingerprint density at radius 1 is 1.16 bits per heavy atom. The van der Waals surface area contributed by atoms with Crippen LogP contribution in [0.1, 0.15) is 28.9 Å². The predicted molar refractivity (Wildman–Crippen MR) is 139 cm³/mol. The number of rotatable bonds is 7. The van der Waals surface area contributed by atoms with Crippen molar-refractivity contribution in [3.05, 3.63) is 66.4 Å². The number of benzene rings is 1. The van der Waals surface area contributed by atoms with Gasteiger partial charge in [-0.3, -0.25) is 24.5 Å². The first-order valence-electron chi connectivity index (χ1n) is 12.0. The van der Waals surface area contributed by atoms with Gasteiger partial charge in [0.1, 0.15) is 23.0 Å². The molecule has 3 amide bonds. The van der Waals surface area contributed by atoms with E-state index in [4.69, 9.17) is 9.57 Å². The first-order valence-corrected chi connectivity index (χ1v) is 12.8. The fourth-order valence-electron chi connectivity index (χ4n) is 4.33. The molecular weight excluding hydrogens is 558 g/mol. The van der Waals surface area contributed by atoms with Crippen LogP contribution < -0.4 is 10.6 Å². The highest BCUT2D eigenvalue weighted by atomic mass is 79.9. The molecule has 0 saturated carbocycles. The quantitative estimate of drug-likeness (QED) is 0.431. The second-order valence-electron chi connectivity index (χ2n) is 8.90. The van der Waals surface area contributed by atoms with Crippen LogP contribution in [0.4, 0.5) is 4.79 Å². The van der Waals surface area contributed by atoms with Crippen molar-refractivity contribution in [2.75, 3.05) is 13.1 Å². The van der Waals surface area contributed by atoms with Gasteiger partial charge in [0.15, 0.2) is 6.10 Å². The smallest absolute Gasteiger partial charge is 0.410 e. The lowest BCUT2D eigenvalue weighted by Gasteiger charge is -2.23. The number of oxime groups is 1. The maximum Gasteiger partial charge on any atom is 0.410 e. The molecule has 1 aromatic carbocycles. The number of hydrogen-bond donors (Lipinski definition) is 2. The van der Waals surface area contributed by atoms with Crippen LogP contribution in [-0.4, -0.2) is 73.7 Å². The number of fused-ring (bicyclic) bond motifs is 1. The molecule has 0 unspecified atom stereocenters. The lowest BCUT2D eigenvalue weighted by atomic mass is 10.1. The normalized spacial score (nSPS) is 20.5. The molecule has 1 saturated heterocycles. The van der Waals surface area contributed by atoms with Gasteiger partial charge < -0.3 is 20.2 Å². The molecule has 0 aliphatic carbocycles. The second-order valence-corrected chi connectivity index (χ2v) is 9.82. The number of nitrogens with zero attached hydrogens (tertiary/aromatic N) is 5. The van der Waals surface area contributed by atoms with Crippen molar-refractivity contribution in [3.8, 4) is 0 Å². The summed E-state index contributed by atoms with van der Waals surface area (Å²) < 4.78 is 6.22. The van der Waals surface area contributed by atoms with Crippen LogP contribution >= 0.6 is 15.9 Å². The van der Waals surface area contributed by atoms with Gasteiger partial charge in [-0.2, -0.15) is 0 Å². The molecule has 0 radical (unpaired) electrons. The highest BCUT2D eigenvalue weighted by Crippen LogP contribution is 2.22. The topological polar surface area (TPSA) is 148 Å². The lowest BCUT2D eigenvalue weighted by Crippen LogP contribution is -2.47. The minimum absolute atomic E-state index is 0.0145. The number of likely N-dealkylation sites (tertiary alicyclic amines) is 1. The minimum Gasteiger partial charge on any atom is -0.444 e. The third-order valence-electron chi connectivity index (χ3n) is 6.18. The number of carbonyl (C=O) groups is 3. The Kier molecular flexibility index (Phi) is 7.73. The first-order chi connectivity index (χ1) is 18.5. The molecule has 0 bridgehead atoms. The number of halogens is 1. The summed E-state index contributed by atoms with van der Waals surface area (Å²) in [6.45, 7) is 0.295. The standard InChI is InChI=1S/C25H24BrN7O5/c26-22-9-18(38-32-22)11-30-24(35)21-8-17(31-23(34)20-12-27-5-6-28-20)13-33(21)25(36)37-14-15-7-16-3-1-2-4-19(16)29-10-15/h1-7,10,12,17-18,21H,8-9,11,13-14H2,(H,30,35)(H,31,34)/t17-,18+,21+/m1/s1. The molecule has 13 heteroatoms. The number of hydrogen-bond acceptors (Lipinski definition) is 9. The Morgan fingerprint density at radius 2 is 2.03 bits per heavy atom. The average Bonchev–Trinajstić information content (AvgIpc) is 3.56. The van der Waals surface area contributed by atoms with E-state index in [0.29, 0.717) is 16.6 Å². The summed E-state index contributed by atoms with van der Waals surface area (Å²) in [5, 5.41) is 10.4. The number of ether oxygens (including phenoxy) is 1. The van der Waals surface area contributed by atoms with Gasteiger partial charge in [0.05, 0.1) is 18.3 Å². The Balaban J connectivity index is 1.24. The minimum atomic E-state index is -0.852. The highest BCUT2D eigenvalue weighted by molar-refractivity contribution is 9.18. The maximum atomic E-state index is 13.1. The molecule has 2 N–H and O–H groups in total. The van der Waals surface area contributed by atoms with E-state index in [-0.39, 0.29) is 43.8 Å². The molecule has 12 nitrogen and oxygen atoms in total. The molecule has 2 aliphatic heterocycles. The van der Waals surface area contributed by atoms with E-state index in [0.717, 1.165) is 10.9 Å². The zero-order valence-corrected chi connectivity index (χ0v) is 21.7. The van der Waals surface area contributed by atoms with Crippen LogP contribution in [0.25, 0.3) is 10.9 Å². The van der Waals surface area contributed by atoms with Crippen LogP contribution in [0.3, 0.4) is 0 Å². The number of amides is 3. The largest absolute Gasteiger partial charge is 0.444 e. The van der Waals surface area contributed by atoms with Crippen LogP contribution in [0.5, 0.6) is 0 Å². The molecule has 5 rings (SSSR count). The third-order valence-corrected chi connectivity index (χ3v) is 6.65. The van der Waals surface area contributed by atoms with Gasteiger partial charge in [0.2, 0.25) is 5.91 Å². The van der Waals surface area contributed by atoms with E-state index in [1.165, 1.54) is 23.5 Å². The fraction of sp³-hybridized carbons (Fsp3) is 0.320. The number of para-hydroxylation sites is 1. The molecule has 3 aromatic rings. The van der Waals surface area contributed by atoms with E-state index in [1.807, 2.05) is 30.3 Å². The average molecular weight is 582 g/mol. The van der Waals surface area contributed by atoms with Crippen molar-refractivity contribution in [3.63, 3.8) is 0 Å². The summed E-state index contributed by atoms with van der Waals surface area (Å²) in [5.41, 5.74) is 1.69. The van der Waals surface area contributed by atoms with E-state index in [9.17, 15) is 14.4 Å². The van der Waals surface area contributed by atoms with Crippen molar-refractivity contribution < 1.29 is 24.0 Å². The summed E-state index contributed by atoms with van der Waals surface area (Å²) in [7, 11) is 0. The molecule has 2 aliphatic rings. The molecule has 4 heterocycles. The Morgan fingerprint density at radius 3 is 2.82 bits per heavy atom. The number of pyridine rings is 1. The van der Waals surface area contributed by atoms with Crippen LogP contribution in [-0.2, 0) is 21.0 Å². The Labute approximate surface area is 225 Å². The number of carbonyl (C=O) groups excluding carboxylic acids is 3. The molecular formula is C25H24BrN7O5. The van der Waals surface area contributed by atoms with E-state index in [1.54, 1.807) is 6.20 Å². The fourth-order valence-corrected chi connectivity index (χ4v) is 4.77. The van der Waals surface area contributed by atoms with Crippen molar-refractivity contribution in [1.29, 1.82) is 0 Å². The molecule has 0 spiro atoms. The number of aromatic nitrogens is 3. The molecule has 196 valence electrons. The molecule has 1 fully saturated rings. The van der Waals surface area contributed by atoms with Crippen LogP contribution in [0.15, 0.2) is 60.3 Å². The van der Waals surface area contributed by atoms with Gasteiger partial charge in [-0.05, 0) is 34.5 Å². The maximum absolute atomic E-state index is 13.1. The zero-order chi connectivity index (χ0) is 26.5. The molecule has 38 heavy (non-hydrogen) atoms. The van der Waals surface area contributed by atoms with Gasteiger partial charge in [-0.1, -0.05) is 23.4 Å². The zero-order valence-electron chi connectivity index (χ0n) is 20.1. The van der Waals surface area contributed by atoms with Gasteiger partial charge >= 0.3 is 6.09 Å². The summed E-state index contributed by atoms with van der Waals surface area (Å²) in [6, 6.07) is 8.19. The van der Waals surface area contributed by atoms with Crippen LogP contribution in [0.2, 0.25) is 0 Å². The predicted octanol–water partition coefficient (Wildman–Crippen LogP) is 2.15. The van der Waals surface area contributed by atoms with Gasteiger partial charge in [-0.15, -0.1) is 0 Å². The van der Waals surface area contributed by atoms with E-state index < -0.39 is 24.1 Å². The Bertz CT molecular complexity index is 1370. The SMILES string of the molecule is O=C(N[C@@H]1C[C@@H](C(=O)NC[C@@H]2CC(Br)=NO2)N(C(=O)OCc2cnc3ccccc3c2)C1)c1cnccn1. The summed E-state index contributed by atoms with van der Waals surface area (Å²) >= 11 is 3.27. The molecule has 2 aromatic heterocycles. The van der Waals surface area contributed by atoms with Crippen molar-refractivity contribution >= 4 is 49.4 Å². The lowest BCUT2D eigenvalue weighted by molar-refractivity contribution is -0.125. The summed E-state index contributed by atoms with van der Waals surface area (Å²) in [5.74, 6) is -0.821. The third kappa shape index (κ3) is 6.05. The van der Waals surface area contributed by atoms with Gasteiger partial charge in [0.25, 0.3) is 5.91 Å². The van der Waals surface area contributed by atoms with Gasteiger partial charge in [0, 0.05) is 48.5 Å². The van der Waals surface area contributed by atoms with Crippen molar-refractivity contribution in [2.45, 2.75) is 37.6 Å². The Hall–Kier alpha value is -4.13.